The first-order valence-corrected chi connectivity index (χ1v) is 29.4. The van der Waals surface area contributed by atoms with Gasteiger partial charge in [-0.25, -0.2) is 0 Å². The SMILES string of the molecule is CCCCCCC/C=C\C/C=C\C/C=C\CCCCCCCCCCCCC(=O)OC(COC(=O)CCCCCCCCCCC/C=C\C/C=C\CCCCCCC)COC(OCC[N+](C)(C)C)C(=O)[O-]. The van der Waals surface area contributed by atoms with Gasteiger partial charge in [-0.05, 0) is 83.5 Å². The third-order valence-electron chi connectivity index (χ3n) is 12.7. The molecule has 2 atom stereocenters. The Morgan fingerprint density at radius 1 is 0.423 bits per heavy atom. The molecule has 0 aliphatic rings. The molecule has 0 aromatic carbocycles. The fourth-order valence-corrected chi connectivity index (χ4v) is 8.16. The van der Waals surface area contributed by atoms with Gasteiger partial charge in [-0.2, -0.15) is 0 Å². The summed E-state index contributed by atoms with van der Waals surface area (Å²) in [4.78, 5) is 37.3. The van der Waals surface area contributed by atoms with Crippen molar-refractivity contribution in [2.75, 3.05) is 47.5 Å². The first-order valence-electron chi connectivity index (χ1n) is 29.4. The van der Waals surface area contributed by atoms with Gasteiger partial charge in [0.1, 0.15) is 13.2 Å². The maximum absolute atomic E-state index is 12.9. The highest BCUT2D eigenvalue weighted by atomic mass is 16.7. The number of esters is 2. The van der Waals surface area contributed by atoms with Gasteiger partial charge in [0, 0.05) is 12.8 Å². The molecule has 0 aromatic heterocycles. The average molecular weight is 999 g/mol. The van der Waals surface area contributed by atoms with Crippen LogP contribution < -0.4 is 5.11 Å². The zero-order valence-corrected chi connectivity index (χ0v) is 46.8. The molecule has 0 fully saturated rings. The van der Waals surface area contributed by atoms with E-state index in [1.54, 1.807) is 0 Å². The second-order valence-corrected chi connectivity index (χ2v) is 20.9. The Balaban J connectivity index is 4.26. The molecule has 9 heteroatoms. The van der Waals surface area contributed by atoms with Crippen molar-refractivity contribution in [1.29, 1.82) is 0 Å². The van der Waals surface area contributed by atoms with E-state index in [4.69, 9.17) is 18.9 Å². The number of carboxylic acid groups (broad SMARTS) is 1. The molecule has 2 unspecified atom stereocenters. The summed E-state index contributed by atoms with van der Waals surface area (Å²) in [5.41, 5.74) is 0. The molecule has 0 bridgehead atoms. The molecule has 0 radical (unpaired) electrons. The van der Waals surface area contributed by atoms with E-state index in [1.165, 1.54) is 161 Å². The van der Waals surface area contributed by atoms with Gasteiger partial charge in [0.05, 0.1) is 40.3 Å². The number of hydrogen-bond acceptors (Lipinski definition) is 8. The van der Waals surface area contributed by atoms with Gasteiger partial charge in [-0.15, -0.1) is 0 Å². The van der Waals surface area contributed by atoms with Crippen molar-refractivity contribution >= 4 is 17.9 Å². The van der Waals surface area contributed by atoms with Crippen LogP contribution in [-0.2, 0) is 33.3 Å². The predicted octanol–water partition coefficient (Wildman–Crippen LogP) is 15.9. The molecule has 0 spiro atoms. The molecule has 0 amide bonds. The number of aliphatic carboxylic acids is 1. The van der Waals surface area contributed by atoms with Gasteiger partial charge in [0.15, 0.2) is 12.4 Å². The molecule has 0 N–H and O–H groups in total. The second kappa shape index (κ2) is 53.3. The Bertz CT molecular complexity index is 1350. The third-order valence-corrected chi connectivity index (χ3v) is 12.7. The van der Waals surface area contributed by atoms with Gasteiger partial charge in [0.25, 0.3) is 0 Å². The highest BCUT2D eigenvalue weighted by molar-refractivity contribution is 5.70. The monoisotopic (exact) mass is 998 g/mol. The molecular weight excluding hydrogens is 887 g/mol. The lowest BCUT2D eigenvalue weighted by Gasteiger charge is -2.26. The molecular formula is C62H111NO8. The molecule has 0 aliphatic carbocycles. The molecule has 0 heterocycles. The quantitative estimate of drug-likeness (QED) is 0.0195. The van der Waals surface area contributed by atoms with Crippen molar-refractivity contribution in [3.63, 3.8) is 0 Å². The lowest BCUT2D eigenvalue weighted by atomic mass is 10.0. The van der Waals surface area contributed by atoms with Gasteiger partial charge in [0.2, 0.25) is 0 Å². The number of hydrogen-bond donors (Lipinski definition) is 0. The maximum Gasteiger partial charge on any atom is 0.306 e. The molecule has 0 saturated carbocycles. The maximum atomic E-state index is 12.9. The summed E-state index contributed by atoms with van der Waals surface area (Å²) in [6, 6.07) is 0. The summed E-state index contributed by atoms with van der Waals surface area (Å²) in [5, 5.41) is 11.8. The van der Waals surface area contributed by atoms with Crippen molar-refractivity contribution in [1.82, 2.24) is 0 Å². The molecule has 71 heavy (non-hydrogen) atoms. The Morgan fingerprint density at radius 3 is 1.13 bits per heavy atom. The van der Waals surface area contributed by atoms with Gasteiger partial charge >= 0.3 is 11.9 Å². The van der Waals surface area contributed by atoms with Gasteiger partial charge < -0.3 is 33.3 Å². The summed E-state index contributed by atoms with van der Waals surface area (Å²) >= 11 is 0. The van der Waals surface area contributed by atoms with E-state index in [0.717, 1.165) is 64.2 Å². The van der Waals surface area contributed by atoms with E-state index in [1.807, 2.05) is 21.1 Å². The minimum absolute atomic E-state index is 0.144. The number of ether oxygens (including phenoxy) is 4. The van der Waals surface area contributed by atoms with Crippen molar-refractivity contribution in [2.45, 2.75) is 270 Å². The minimum Gasteiger partial charge on any atom is -0.545 e. The number of quaternary nitrogens is 1. The first kappa shape index (κ1) is 68.0. The number of carbonyl (C=O) groups excluding carboxylic acids is 3. The normalized spacial score (nSPS) is 13.2. The Labute approximate surface area is 437 Å². The minimum atomic E-state index is -1.63. The fourth-order valence-electron chi connectivity index (χ4n) is 8.16. The standard InChI is InChI=1S/C62H111NO8/c1-6-8-10-12-14-16-18-20-22-24-26-28-29-30-31-33-35-37-39-41-43-45-47-49-51-53-60(65)71-58(57-70-62(61(66)67)68-55-54-63(3,4)5)56-69-59(64)52-50-48-46-44-42-40-38-36-34-32-27-25-23-21-19-17-15-13-11-9-7-2/h18-21,24-27,29-30,58,62H,6-17,22-23,28,31-57H2,1-5H3/b20-18-,21-19-,26-24-,27-25-,30-29-. The van der Waals surface area contributed by atoms with Crippen LogP contribution in [-0.4, -0.2) is 82.3 Å². The number of allylic oxidation sites excluding steroid dienone is 10. The van der Waals surface area contributed by atoms with Gasteiger partial charge in [-0.3, -0.25) is 9.59 Å². The summed E-state index contributed by atoms with van der Waals surface area (Å²) in [7, 11) is 5.92. The van der Waals surface area contributed by atoms with E-state index in [2.05, 4.69) is 74.6 Å². The fraction of sp³-hybridized carbons (Fsp3) is 0.790. The van der Waals surface area contributed by atoms with Crippen LogP contribution in [0.25, 0.3) is 0 Å². The van der Waals surface area contributed by atoms with Crippen LogP contribution in [0.1, 0.15) is 258 Å². The first-order chi connectivity index (χ1) is 34.6. The third kappa shape index (κ3) is 54.6. The van der Waals surface area contributed by atoms with E-state index in [0.29, 0.717) is 17.4 Å². The van der Waals surface area contributed by atoms with E-state index < -0.39 is 24.3 Å². The highest BCUT2D eigenvalue weighted by Crippen LogP contribution is 2.15. The zero-order valence-electron chi connectivity index (χ0n) is 46.8. The number of carboxylic acids is 1. The lowest BCUT2D eigenvalue weighted by Crippen LogP contribution is -2.44. The topological polar surface area (TPSA) is 111 Å². The molecule has 9 nitrogen and oxygen atoms in total. The van der Waals surface area contributed by atoms with Crippen molar-refractivity contribution in [3.05, 3.63) is 60.8 Å². The van der Waals surface area contributed by atoms with Gasteiger partial charge in [-0.1, -0.05) is 222 Å². The summed E-state index contributed by atoms with van der Waals surface area (Å²) in [6.45, 7) is 4.73. The average Bonchev–Trinajstić information content (AvgIpc) is 3.34. The zero-order chi connectivity index (χ0) is 52.0. The van der Waals surface area contributed by atoms with Crippen molar-refractivity contribution in [3.8, 4) is 0 Å². The largest absolute Gasteiger partial charge is 0.545 e. The van der Waals surface area contributed by atoms with Crippen LogP contribution in [0.3, 0.4) is 0 Å². The van der Waals surface area contributed by atoms with Crippen molar-refractivity contribution in [2.24, 2.45) is 0 Å². The Kier molecular flexibility index (Phi) is 51.0. The molecule has 0 saturated heterocycles. The number of unbranched alkanes of at least 4 members (excludes halogenated alkanes) is 29. The predicted molar refractivity (Wildman–Crippen MR) is 297 cm³/mol. The second-order valence-electron chi connectivity index (χ2n) is 20.9. The van der Waals surface area contributed by atoms with E-state index in [9.17, 15) is 19.5 Å². The van der Waals surface area contributed by atoms with Crippen LogP contribution in [0, 0.1) is 0 Å². The van der Waals surface area contributed by atoms with Crippen LogP contribution >= 0.6 is 0 Å². The summed E-state index contributed by atoms with van der Waals surface area (Å²) in [6.07, 6.45) is 64.0. The van der Waals surface area contributed by atoms with Crippen molar-refractivity contribution < 1.29 is 42.9 Å². The number of nitrogens with zero attached hydrogens (tertiary/aromatic N) is 1. The van der Waals surface area contributed by atoms with Crippen LogP contribution in [0.5, 0.6) is 0 Å². The molecule has 0 aliphatic heterocycles. The summed E-state index contributed by atoms with van der Waals surface area (Å²) in [5.74, 6) is -2.29. The number of rotatable bonds is 54. The lowest BCUT2D eigenvalue weighted by molar-refractivity contribution is -0.870. The van der Waals surface area contributed by atoms with E-state index >= 15 is 0 Å². The van der Waals surface area contributed by atoms with Crippen LogP contribution in [0.15, 0.2) is 60.8 Å². The smallest absolute Gasteiger partial charge is 0.306 e. The number of carbonyl (C=O) groups is 3. The van der Waals surface area contributed by atoms with Crippen LogP contribution in [0.2, 0.25) is 0 Å². The molecule has 412 valence electrons. The van der Waals surface area contributed by atoms with E-state index in [-0.39, 0.29) is 38.6 Å². The molecule has 0 rings (SSSR count). The Hall–Kier alpha value is -3.01. The molecule has 0 aromatic rings. The van der Waals surface area contributed by atoms with Crippen LogP contribution in [0.4, 0.5) is 0 Å². The highest BCUT2D eigenvalue weighted by Gasteiger charge is 2.22. The summed E-state index contributed by atoms with van der Waals surface area (Å²) < 4.78 is 22.7. The number of likely N-dealkylation sites (N-methyl/N-ethyl adjacent to an activating group) is 1. The Morgan fingerprint density at radius 2 is 0.761 bits per heavy atom.